The third-order valence-corrected chi connectivity index (χ3v) is 5.04. The minimum absolute atomic E-state index is 0. The lowest BCUT2D eigenvalue weighted by atomic mass is 9.88. The maximum atomic E-state index is 6.16. The maximum absolute atomic E-state index is 6.16. The van der Waals surface area contributed by atoms with Gasteiger partial charge >= 0.3 is 0 Å². The van der Waals surface area contributed by atoms with Crippen LogP contribution in [0.5, 0.6) is 5.75 Å². The highest BCUT2D eigenvalue weighted by Gasteiger charge is 2.32. The number of likely N-dealkylation sites (tertiary alicyclic amines) is 1. The van der Waals surface area contributed by atoms with Crippen molar-refractivity contribution in [1.29, 1.82) is 0 Å². The van der Waals surface area contributed by atoms with E-state index in [-0.39, 0.29) is 12.4 Å². The monoisotopic (exact) mass is 344 g/mol. The standard InChI is InChI=1S/C17H25ClN2O.ClH/c1-17(8-9-19-12-17)13-20-10-6-14(7-11-20)21-16-5-3-2-4-15(16)18;/h2-5,14,19H,6-13H2,1H3;1H. The number of hydrogen-bond acceptors (Lipinski definition) is 3. The van der Waals surface area contributed by atoms with Crippen molar-refractivity contribution < 1.29 is 4.74 Å². The van der Waals surface area contributed by atoms with Gasteiger partial charge in [0.2, 0.25) is 0 Å². The fraction of sp³-hybridized carbons (Fsp3) is 0.647. The summed E-state index contributed by atoms with van der Waals surface area (Å²) >= 11 is 6.16. The number of rotatable bonds is 4. The number of halogens is 2. The van der Waals surface area contributed by atoms with Gasteiger partial charge < -0.3 is 15.0 Å². The quantitative estimate of drug-likeness (QED) is 0.902. The van der Waals surface area contributed by atoms with Crippen LogP contribution in [0.15, 0.2) is 24.3 Å². The molecule has 2 saturated heterocycles. The summed E-state index contributed by atoms with van der Waals surface area (Å²) in [6.07, 6.45) is 3.78. The Morgan fingerprint density at radius 3 is 2.68 bits per heavy atom. The molecule has 2 aliphatic heterocycles. The van der Waals surface area contributed by atoms with E-state index in [9.17, 15) is 0 Å². The Bertz CT molecular complexity index is 469. The molecule has 1 atom stereocenters. The molecule has 2 aliphatic rings. The number of nitrogens with zero attached hydrogens (tertiary/aromatic N) is 1. The third kappa shape index (κ3) is 4.51. The molecule has 0 saturated carbocycles. The molecule has 124 valence electrons. The Kier molecular flexibility index (Phi) is 6.39. The maximum Gasteiger partial charge on any atom is 0.138 e. The minimum atomic E-state index is 0. The molecule has 1 unspecified atom stereocenters. The van der Waals surface area contributed by atoms with Gasteiger partial charge in [-0.2, -0.15) is 0 Å². The first kappa shape index (κ1) is 17.9. The van der Waals surface area contributed by atoms with Crippen LogP contribution in [0.25, 0.3) is 0 Å². The molecule has 5 heteroatoms. The molecule has 0 spiro atoms. The van der Waals surface area contributed by atoms with E-state index < -0.39 is 0 Å². The molecule has 0 amide bonds. The third-order valence-electron chi connectivity index (χ3n) is 4.73. The van der Waals surface area contributed by atoms with Gasteiger partial charge in [-0.25, -0.2) is 0 Å². The van der Waals surface area contributed by atoms with Crippen molar-refractivity contribution in [2.45, 2.75) is 32.3 Å². The average Bonchev–Trinajstić information content (AvgIpc) is 2.90. The molecule has 2 heterocycles. The van der Waals surface area contributed by atoms with E-state index in [1.54, 1.807) is 0 Å². The first-order valence-electron chi connectivity index (χ1n) is 7.99. The summed E-state index contributed by atoms with van der Waals surface area (Å²) in [4.78, 5) is 2.60. The van der Waals surface area contributed by atoms with Crippen molar-refractivity contribution in [2.24, 2.45) is 5.41 Å². The summed E-state index contributed by atoms with van der Waals surface area (Å²) in [7, 11) is 0. The SMILES string of the molecule is CC1(CN2CCC(Oc3ccccc3Cl)CC2)CCNC1.Cl. The molecule has 1 aromatic carbocycles. The first-order valence-corrected chi connectivity index (χ1v) is 8.37. The van der Waals surface area contributed by atoms with E-state index in [0.29, 0.717) is 16.5 Å². The van der Waals surface area contributed by atoms with Crippen LogP contribution < -0.4 is 10.1 Å². The predicted octanol–water partition coefficient (Wildman–Crippen LogP) is 3.60. The molecule has 1 N–H and O–H groups in total. The average molecular weight is 345 g/mol. The molecule has 22 heavy (non-hydrogen) atoms. The van der Waals surface area contributed by atoms with Gasteiger partial charge in [-0.1, -0.05) is 30.7 Å². The zero-order valence-corrected chi connectivity index (χ0v) is 14.8. The lowest BCUT2D eigenvalue weighted by Crippen LogP contribution is -2.44. The van der Waals surface area contributed by atoms with Crippen LogP contribution >= 0.6 is 24.0 Å². The summed E-state index contributed by atoms with van der Waals surface area (Å²) in [5, 5.41) is 4.20. The van der Waals surface area contributed by atoms with Crippen molar-refractivity contribution in [2.75, 3.05) is 32.7 Å². The highest BCUT2D eigenvalue weighted by molar-refractivity contribution is 6.32. The second kappa shape index (κ2) is 7.87. The topological polar surface area (TPSA) is 24.5 Å². The highest BCUT2D eigenvalue weighted by Crippen LogP contribution is 2.29. The van der Waals surface area contributed by atoms with E-state index in [1.807, 2.05) is 24.3 Å². The van der Waals surface area contributed by atoms with Crippen molar-refractivity contribution in [3.63, 3.8) is 0 Å². The van der Waals surface area contributed by atoms with Crippen LogP contribution in [-0.4, -0.2) is 43.7 Å². The van der Waals surface area contributed by atoms with Crippen molar-refractivity contribution >= 4 is 24.0 Å². The number of para-hydroxylation sites is 1. The number of ether oxygens (including phenoxy) is 1. The number of piperidine rings is 1. The van der Waals surface area contributed by atoms with Gasteiger partial charge in [0.15, 0.2) is 0 Å². The zero-order chi connectivity index (χ0) is 14.7. The van der Waals surface area contributed by atoms with Gasteiger partial charge in [-0.3, -0.25) is 0 Å². The van der Waals surface area contributed by atoms with Crippen molar-refractivity contribution in [3.05, 3.63) is 29.3 Å². The van der Waals surface area contributed by atoms with Gasteiger partial charge in [0.1, 0.15) is 11.9 Å². The van der Waals surface area contributed by atoms with Gasteiger partial charge in [-0.05, 0) is 43.4 Å². The van der Waals surface area contributed by atoms with Gasteiger partial charge in [-0.15, -0.1) is 12.4 Å². The van der Waals surface area contributed by atoms with E-state index >= 15 is 0 Å². The zero-order valence-electron chi connectivity index (χ0n) is 13.2. The number of nitrogens with one attached hydrogen (secondary N) is 1. The Balaban J connectivity index is 0.00000176. The molecular weight excluding hydrogens is 319 g/mol. The predicted molar refractivity (Wildman–Crippen MR) is 94.4 cm³/mol. The van der Waals surface area contributed by atoms with Crippen LogP contribution in [0.4, 0.5) is 0 Å². The highest BCUT2D eigenvalue weighted by atomic mass is 35.5. The molecule has 0 aromatic heterocycles. The Morgan fingerprint density at radius 2 is 2.05 bits per heavy atom. The summed E-state index contributed by atoms with van der Waals surface area (Å²) in [6.45, 7) is 8.19. The molecular formula is C17H26Cl2N2O. The summed E-state index contributed by atoms with van der Waals surface area (Å²) < 4.78 is 6.06. The molecule has 2 fully saturated rings. The molecule has 0 bridgehead atoms. The van der Waals surface area contributed by atoms with Gasteiger partial charge in [0.25, 0.3) is 0 Å². The molecule has 3 rings (SSSR count). The van der Waals surface area contributed by atoms with Crippen LogP contribution in [0, 0.1) is 5.41 Å². The van der Waals surface area contributed by atoms with E-state index in [0.717, 1.165) is 38.2 Å². The molecule has 1 aromatic rings. The Morgan fingerprint density at radius 1 is 1.32 bits per heavy atom. The van der Waals surface area contributed by atoms with E-state index in [2.05, 4.69) is 17.1 Å². The first-order chi connectivity index (χ1) is 10.1. The van der Waals surface area contributed by atoms with Gasteiger partial charge in [0.05, 0.1) is 5.02 Å². The normalized spacial score (nSPS) is 26.6. The molecule has 0 radical (unpaired) electrons. The Hall–Kier alpha value is -0.480. The number of benzene rings is 1. The lowest BCUT2D eigenvalue weighted by Gasteiger charge is -2.37. The molecule has 3 nitrogen and oxygen atoms in total. The largest absolute Gasteiger partial charge is 0.489 e. The Labute approximate surface area is 144 Å². The van der Waals surface area contributed by atoms with Crippen LogP contribution in [-0.2, 0) is 0 Å². The van der Waals surface area contributed by atoms with Crippen LogP contribution in [0.1, 0.15) is 26.2 Å². The molecule has 0 aliphatic carbocycles. The summed E-state index contributed by atoms with van der Waals surface area (Å²) in [6, 6.07) is 7.76. The van der Waals surface area contributed by atoms with Gasteiger partial charge in [0, 0.05) is 26.2 Å². The van der Waals surface area contributed by atoms with Crippen molar-refractivity contribution in [1.82, 2.24) is 10.2 Å². The lowest BCUT2D eigenvalue weighted by molar-refractivity contribution is 0.0776. The smallest absolute Gasteiger partial charge is 0.138 e. The van der Waals surface area contributed by atoms with E-state index in [4.69, 9.17) is 16.3 Å². The summed E-state index contributed by atoms with van der Waals surface area (Å²) in [5.74, 6) is 0.824. The summed E-state index contributed by atoms with van der Waals surface area (Å²) in [5.41, 5.74) is 0.455. The fourth-order valence-electron chi connectivity index (χ4n) is 3.45. The second-order valence-electron chi connectivity index (χ2n) is 6.76. The second-order valence-corrected chi connectivity index (χ2v) is 7.17. The minimum Gasteiger partial charge on any atom is -0.489 e. The number of hydrogen-bond donors (Lipinski definition) is 1. The van der Waals surface area contributed by atoms with Crippen molar-refractivity contribution in [3.8, 4) is 5.75 Å². The van der Waals surface area contributed by atoms with Crippen LogP contribution in [0.2, 0.25) is 5.02 Å². The van der Waals surface area contributed by atoms with E-state index in [1.165, 1.54) is 19.5 Å². The fourth-order valence-corrected chi connectivity index (χ4v) is 3.63. The van der Waals surface area contributed by atoms with Crippen LogP contribution in [0.3, 0.4) is 0 Å².